The Labute approximate surface area is 227 Å². The molecule has 0 bridgehead atoms. The third kappa shape index (κ3) is 6.88. The Morgan fingerprint density at radius 3 is 2.26 bits per heavy atom. The first-order valence-electron chi connectivity index (χ1n) is 13.8. The fraction of sp³-hybridized carbons (Fsp3) is 0.294. The minimum absolute atomic E-state index is 0.603. The van der Waals surface area contributed by atoms with Crippen LogP contribution >= 0.6 is 0 Å². The molecule has 0 saturated carbocycles. The average Bonchev–Trinajstić information content (AvgIpc) is 3.46. The number of allylic oxidation sites excluding steroid dienone is 1. The Morgan fingerprint density at radius 1 is 0.842 bits per heavy atom. The molecule has 0 aliphatic heterocycles. The molecule has 0 amide bonds. The minimum Gasteiger partial charge on any atom is -0.300 e. The molecule has 4 aromatic rings. The Hall–Kier alpha value is -3.94. The quantitative estimate of drug-likeness (QED) is 0.227. The molecule has 0 spiro atoms. The highest BCUT2D eigenvalue weighted by molar-refractivity contribution is 5.68. The summed E-state index contributed by atoms with van der Waals surface area (Å²) in [6, 6.07) is 29.9. The standard InChI is InChI=1S/C34H36N4/c1-2-24-37(33-22-16-29(17-23-33)15-14-28-10-5-3-6-11-28)25-9-26-38-27-34(35-36-38)32-20-18-31(19-21-32)30-12-7-4-8-13-30/h3-8,10-13,16,18-21,27,33H,2,9,17,22-26H2,1H3. The van der Waals surface area contributed by atoms with Crippen LogP contribution in [0.15, 0.2) is 103 Å². The van der Waals surface area contributed by atoms with Crippen LogP contribution in [-0.4, -0.2) is 39.0 Å². The van der Waals surface area contributed by atoms with E-state index in [1.807, 2.05) is 28.9 Å². The summed E-state index contributed by atoms with van der Waals surface area (Å²) in [5.74, 6) is 6.71. The van der Waals surface area contributed by atoms with Crippen molar-refractivity contribution >= 4 is 0 Å². The zero-order valence-corrected chi connectivity index (χ0v) is 22.3. The molecule has 38 heavy (non-hydrogen) atoms. The van der Waals surface area contributed by atoms with E-state index < -0.39 is 0 Å². The van der Waals surface area contributed by atoms with Gasteiger partial charge in [0.2, 0.25) is 0 Å². The second-order valence-electron chi connectivity index (χ2n) is 9.97. The highest BCUT2D eigenvalue weighted by Crippen LogP contribution is 2.24. The number of rotatable bonds is 9. The van der Waals surface area contributed by atoms with E-state index in [0.717, 1.165) is 55.7 Å². The van der Waals surface area contributed by atoms with Crippen LogP contribution in [0.2, 0.25) is 0 Å². The molecule has 4 heteroatoms. The molecule has 192 valence electrons. The van der Waals surface area contributed by atoms with E-state index in [1.54, 1.807) is 0 Å². The van der Waals surface area contributed by atoms with Crippen molar-refractivity contribution in [3.8, 4) is 34.2 Å². The first kappa shape index (κ1) is 25.7. The van der Waals surface area contributed by atoms with Gasteiger partial charge in [-0.25, -0.2) is 0 Å². The molecular weight excluding hydrogens is 464 g/mol. The van der Waals surface area contributed by atoms with Crippen molar-refractivity contribution in [2.75, 3.05) is 13.1 Å². The molecule has 0 saturated heterocycles. The van der Waals surface area contributed by atoms with Gasteiger partial charge < -0.3 is 4.90 Å². The maximum Gasteiger partial charge on any atom is 0.113 e. The minimum atomic E-state index is 0.603. The summed E-state index contributed by atoms with van der Waals surface area (Å²) in [7, 11) is 0. The van der Waals surface area contributed by atoms with Gasteiger partial charge >= 0.3 is 0 Å². The van der Waals surface area contributed by atoms with Crippen molar-refractivity contribution in [1.82, 2.24) is 19.9 Å². The third-order valence-electron chi connectivity index (χ3n) is 7.21. The van der Waals surface area contributed by atoms with Crippen molar-refractivity contribution in [3.63, 3.8) is 0 Å². The molecule has 1 atom stereocenters. The molecule has 0 radical (unpaired) electrons. The number of benzene rings is 3. The lowest BCUT2D eigenvalue weighted by Crippen LogP contribution is -2.38. The fourth-order valence-electron chi connectivity index (χ4n) is 5.14. The van der Waals surface area contributed by atoms with Gasteiger partial charge in [-0.3, -0.25) is 4.68 Å². The van der Waals surface area contributed by atoms with Gasteiger partial charge in [0.1, 0.15) is 5.69 Å². The molecule has 1 unspecified atom stereocenters. The Kier molecular flexibility index (Phi) is 8.81. The van der Waals surface area contributed by atoms with Crippen LogP contribution < -0.4 is 0 Å². The van der Waals surface area contributed by atoms with Crippen molar-refractivity contribution in [3.05, 3.63) is 108 Å². The molecule has 1 aliphatic carbocycles. The van der Waals surface area contributed by atoms with Crippen LogP contribution in [-0.2, 0) is 6.54 Å². The van der Waals surface area contributed by atoms with Gasteiger partial charge in [-0.1, -0.05) is 103 Å². The summed E-state index contributed by atoms with van der Waals surface area (Å²) in [6.07, 6.45) is 10.0. The number of aromatic nitrogens is 3. The van der Waals surface area contributed by atoms with Gasteiger partial charge in [0, 0.05) is 30.3 Å². The fourth-order valence-corrected chi connectivity index (χ4v) is 5.14. The zero-order valence-electron chi connectivity index (χ0n) is 22.3. The average molecular weight is 501 g/mol. The maximum atomic E-state index is 4.44. The van der Waals surface area contributed by atoms with E-state index in [-0.39, 0.29) is 0 Å². The van der Waals surface area contributed by atoms with Crippen molar-refractivity contribution < 1.29 is 0 Å². The van der Waals surface area contributed by atoms with Crippen molar-refractivity contribution in [2.45, 2.75) is 51.6 Å². The molecule has 4 nitrogen and oxygen atoms in total. The van der Waals surface area contributed by atoms with Crippen molar-refractivity contribution in [1.29, 1.82) is 0 Å². The summed E-state index contributed by atoms with van der Waals surface area (Å²) < 4.78 is 1.99. The molecule has 5 rings (SSSR count). The Balaban J connectivity index is 1.13. The Morgan fingerprint density at radius 2 is 1.55 bits per heavy atom. The summed E-state index contributed by atoms with van der Waals surface area (Å²) in [4.78, 5) is 2.66. The zero-order chi connectivity index (χ0) is 26.0. The highest BCUT2D eigenvalue weighted by Gasteiger charge is 2.20. The van der Waals surface area contributed by atoms with Crippen LogP contribution in [0, 0.1) is 11.8 Å². The predicted molar refractivity (Wildman–Crippen MR) is 156 cm³/mol. The van der Waals surface area contributed by atoms with Gasteiger partial charge in [0.25, 0.3) is 0 Å². The van der Waals surface area contributed by atoms with Gasteiger partial charge in [0.15, 0.2) is 0 Å². The molecule has 0 N–H and O–H groups in total. The smallest absolute Gasteiger partial charge is 0.113 e. The summed E-state index contributed by atoms with van der Waals surface area (Å²) in [5.41, 5.74) is 6.84. The van der Waals surface area contributed by atoms with E-state index in [2.05, 4.69) is 107 Å². The predicted octanol–water partition coefficient (Wildman–Crippen LogP) is 7.24. The molecule has 1 heterocycles. The lowest BCUT2D eigenvalue weighted by molar-refractivity contribution is 0.178. The monoisotopic (exact) mass is 500 g/mol. The van der Waals surface area contributed by atoms with E-state index in [1.165, 1.54) is 29.5 Å². The van der Waals surface area contributed by atoms with Gasteiger partial charge in [-0.15, -0.1) is 5.10 Å². The lowest BCUT2D eigenvalue weighted by Gasteiger charge is -2.33. The van der Waals surface area contributed by atoms with Crippen molar-refractivity contribution in [2.24, 2.45) is 0 Å². The van der Waals surface area contributed by atoms with Crippen LogP contribution in [0.3, 0.4) is 0 Å². The SMILES string of the molecule is CCCN(CCCn1cc(-c2ccc(-c3ccccc3)cc2)nn1)C1CC=C(C#Cc2ccccc2)CC1. The number of hydrogen-bond donors (Lipinski definition) is 0. The van der Waals surface area contributed by atoms with E-state index >= 15 is 0 Å². The van der Waals surface area contributed by atoms with E-state index in [0.29, 0.717) is 6.04 Å². The Bertz CT molecular complexity index is 1380. The van der Waals surface area contributed by atoms with Crippen LogP contribution in [0.4, 0.5) is 0 Å². The molecule has 1 aliphatic rings. The summed E-state index contributed by atoms with van der Waals surface area (Å²) in [5, 5.41) is 8.85. The number of aryl methyl sites for hydroxylation is 1. The van der Waals surface area contributed by atoms with Gasteiger partial charge in [-0.05, 0) is 67.5 Å². The third-order valence-corrected chi connectivity index (χ3v) is 7.21. The molecule has 1 aromatic heterocycles. The lowest BCUT2D eigenvalue weighted by atomic mass is 9.93. The first-order chi connectivity index (χ1) is 18.8. The summed E-state index contributed by atoms with van der Waals surface area (Å²) in [6.45, 7) is 5.37. The normalized spacial score (nSPS) is 15.1. The largest absolute Gasteiger partial charge is 0.300 e. The van der Waals surface area contributed by atoms with Crippen LogP contribution in [0.5, 0.6) is 0 Å². The molecule has 3 aromatic carbocycles. The second kappa shape index (κ2) is 13.0. The van der Waals surface area contributed by atoms with E-state index in [9.17, 15) is 0 Å². The van der Waals surface area contributed by atoms with Gasteiger partial charge in [-0.2, -0.15) is 0 Å². The highest BCUT2D eigenvalue weighted by atomic mass is 15.4. The molecule has 0 fully saturated rings. The van der Waals surface area contributed by atoms with Crippen LogP contribution in [0.25, 0.3) is 22.4 Å². The summed E-state index contributed by atoms with van der Waals surface area (Å²) >= 11 is 0. The topological polar surface area (TPSA) is 34.0 Å². The van der Waals surface area contributed by atoms with Gasteiger partial charge in [0.05, 0.1) is 6.20 Å². The van der Waals surface area contributed by atoms with Crippen LogP contribution in [0.1, 0.15) is 44.6 Å². The number of nitrogens with zero attached hydrogens (tertiary/aromatic N) is 4. The number of hydrogen-bond acceptors (Lipinski definition) is 3. The molecular formula is C34H36N4. The second-order valence-corrected chi connectivity index (χ2v) is 9.97. The maximum absolute atomic E-state index is 4.44. The van der Waals surface area contributed by atoms with E-state index in [4.69, 9.17) is 0 Å². The first-order valence-corrected chi connectivity index (χ1v) is 13.8.